The molecule has 2 aromatic carbocycles. The monoisotopic (exact) mass is 325 g/mol. The second-order valence-corrected chi connectivity index (χ2v) is 7.32. The molecule has 0 bridgehead atoms. The van der Waals surface area contributed by atoms with Crippen LogP contribution >= 0.6 is 0 Å². The molecule has 0 N–H and O–H groups in total. The first-order chi connectivity index (χ1) is 11.5. The molecule has 0 radical (unpaired) electrons. The van der Waals surface area contributed by atoms with Gasteiger partial charge < -0.3 is 9.47 Å². The van der Waals surface area contributed by atoms with Crippen LogP contribution in [-0.2, 0) is 11.3 Å². The molecule has 3 heteroatoms. The van der Waals surface area contributed by atoms with Crippen LogP contribution in [-0.4, -0.2) is 30.1 Å². The van der Waals surface area contributed by atoms with Crippen LogP contribution in [0.5, 0.6) is 5.75 Å². The third kappa shape index (κ3) is 4.37. The second-order valence-electron chi connectivity index (χ2n) is 7.32. The third-order valence-electron chi connectivity index (χ3n) is 4.52. The molecule has 128 valence electrons. The van der Waals surface area contributed by atoms with E-state index in [1.165, 1.54) is 11.1 Å². The minimum atomic E-state index is 0.140. The van der Waals surface area contributed by atoms with E-state index in [0.29, 0.717) is 6.61 Å². The molecular weight excluding hydrogens is 298 g/mol. The van der Waals surface area contributed by atoms with Crippen LogP contribution in [0.4, 0.5) is 0 Å². The van der Waals surface area contributed by atoms with Gasteiger partial charge in [0.15, 0.2) is 0 Å². The van der Waals surface area contributed by atoms with E-state index in [4.69, 9.17) is 9.47 Å². The number of nitrogens with zero attached hydrogens (tertiary/aromatic N) is 1. The Labute approximate surface area is 145 Å². The summed E-state index contributed by atoms with van der Waals surface area (Å²) in [6.07, 6.45) is 0.140. The van der Waals surface area contributed by atoms with Crippen molar-refractivity contribution in [3.63, 3.8) is 0 Å². The third-order valence-corrected chi connectivity index (χ3v) is 4.52. The maximum Gasteiger partial charge on any atom is 0.119 e. The zero-order valence-electron chi connectivity index (χ0n) is 14.9. The quantitative estimate of drug-likeness (QED) is 0.829. The molecule has 0 saturated carbocycles. The molecule has 1 heterocycles. The predicted molar refractivity (Wildman–Crippen MR) is 97.2 cm³/mol. The fraction of sp³-hybridized carbons (Fsp3) is 0.429. The fourth-order valence-corrected chi connectivity index (χ4v) is 2.98. The van der Waals surface area contributed by atoms with Crippen LogP contribution in [0.1, 0.15) is 38.0 Å². The van der Waals surface area contributed by atoms with E-state index in [-0.39, 0.29) is 11.6 Å². The summed E-state index contributed by atoms with van der Waals surface area (Å²) in [5, 5.41) is 0. The Morgan fingerprint density at radius 2 is 1.75 bits per heavy atom. The SMILES string of the molecule is CC(C)(C)N1CCOC(c2ccc(OCc3ccccc3)cc2)C1. The minimum absolute atomic E-state index is 0.140. The highest BCUT2D eigenvalue weighted by Crippen LogP contribution is 2.28. The van der Waals surface area contributed by atoms with E-state index in [2.05, 4.69) is 49.9 Å². The van der Waals surface area contributed by atoms with Crippen molar-refractivity contribution >= 4 is 0 Å². The first kappa shape index (κ1) is 17.0. The summed E-state index contributed by atoms with van der Waals surface area (Å²) >= 11 is 0. The number of hydrogen-bond donors (Lipinski definition) is 0. The first-order valence-corrected chi connectivity index (χ1v) is 8.66. The molecule has 1 aliphatic rings. The molecule has 1 unspecified atom stereocenters. The molecule has 2 aromatic rings. The van der Waals surface area contributed by atoms with Crippen molar-refractivity contribution < 1.29 is 9.47 Å². The van der Waals surface area contributed by atoms with E-state index in [0.717, 1.165) is 25.4 Å². The molecule has 0 amide bonds. The van der Waals surface area contributed by atoms with E-state index >= 15 is 0 Å². The van der Waals surface area contributed by atoms with E-state index in [1.54, 1.807) is 0 Å². The van der Waals surface area contributed by atoms with Gasteiger partial charge in [0.2, 0.25) is 0 Å². The van der Waals surface area contributed by atoms with Crippen molar-refractivity contribution in [2.75, 3.05) is 19.7 Å². The fourth-order valence-electron chi connectivity index (χ4n) is 2.98. The molecule has 1 saturated heterocycles. The molecule has 0 aliphatic carbocycles. The second kappa shape index (κ2) is 7.37. The summed E-state index contributed by atoms with van der Waals surface area (Å²) < 4.78 is 11.8. The lowest BCUT2D eigenvalue weighted by atomic mass is 10.0. The van der Waals surface area contributed by atoms with Crippen molar-refractivity contribution in [3.05, 3.63) is 65.7 Å². The van der Waals surface area contributed by atoms with E-state index < -0.39 is 0 Å². The molecule has 1 atom stereocenters. The summed E-state index contributed by atoms with van der Waals surface area (Å²) in [5.41, 5.74) is 2.58. The Bertz CT molecular complexity index is 631. The Kier molecular flexibility index (Phi) is 5.22. The van der Waals surface area contributed by atoms with Gasteiger partial charge in [0, 0.05) is 18.6 Å². The van der Waals surface area contributed by atoms with Crippen molar-refractivity contribution in [2.45, 2.75) is 39.0 Å². The van der Waals surface area contributed by atoms with Crippen molar-refractivity contribution in [1.82, 2.24) is 4.90 Å². The van der Waals surface area contributed by atoms with Crippen LogP contribution in [0.3, 0.4) is 0 Å². The summed E-state index contributed by atoms with van der Waals surface area (Å²) in [7, 11) is 0. The lowest BCUT2D eigenvalue weighted by molar-refractivity contribution is -0.0596. The zero-order chi connectivity index (χ0) is 17.0. The van der Waals surface area contributed by atoms with Gasteiger partial charge in [-0.1, -0.05) is 42.5 Å². The highest BCUT2D eigenvalue weighted by atomic mass is 16.5. The van der Waals surface area contributed by atoms with Crippen LogP contribution in [0, 0.1) is 0 Å². The maximum absolute atomic E-state index is 5.98. The predicted octanol–water partition coefficient (Wildman–Crippen LogP) is 4.44. The lowest BCUT2D eigenvalue weighted by Crippen LogP contribution is -2.48. The topological polar surface area (TPSA) is 21.7 Å². The Morgan fingerprint density at radius 1 is 1.04 bits per heavy atom. The van der Waals surface area contributed by atoms with E-state index in [9.17, 15) is 0 Å². The Hall–Kier alpha value is -1.84. The van der Waals surface area contributed by atoms with Gasteiger partial charge >= 0.3 is 0 Å². The van der Waals surface area contributed by atoms with Gasteiger partial charge in [0.05, 0.1) is 12.7 Å². The van der Waals surface area contributed by atoms with Crippen molar-refractivity contribution in [3.8, 4) is 5.75 Å². The van der Waals surface area contributed by atoms with Crippen LogP contribution in [0.2, 0.25) is 0 Å². The number of ether oxygens (including phenoxy) is 2. The smallest absolute Gasteiger partial charge is 0.119 e. The van der Waals surface area contributed by atoms with Gasteiger partial charge in [-0.25, -0.2) is 0 Å². The molecule has 0 aromatic heterocycles. The van der Waals surface area contributed by atoms with Gasteiger partial charge in [-0.2, -0.15) is 0 Å². The molecule has 3 nitrogen and oxygen atoms in total. The normalized spacial score (nSPS) is 19.2. The maximum atomic E-state index is 5.98. The number of morpholine rings is 1. The molecular formula is C21H27NO2. The van der Waals surface area contributed by atoms with E-state index in [1.807, 2.05) is 30.3 Å². The van der Waals surface area contributed by atoms with Crippen molar-refractivity contribution in [2.24, 2.45) is 0 Å². The summed E-state index contributed by atoms with van der Waals surface area (Å²) in [4.78, 5) is 2.49. The van der Waals surface area contributed by atoms with Crippen LogP contribution in [0.25, 0.3) is 0 Å². The van der Waals surface area contributed by atoms with Crippen LogP contribution in [0.15, 0.2) is 54.6 Å². The largest absolute Gasteiger partial charge is 0.489 e. The Morgan fingerprint density at radius 3 is 2.42 bits per heavy atom. The number of hydrogen-bond acceptors (Lipinski definition) is 3. The average molecular weight is 325 g/mol. The van der Waals surface area contributed by atoms with Gasteiger partial charge in [-0.15, -0.1) is 0 Å². The summed E-state index contributed by atoms with van der Waals surface area (Å²) in [6, 6.07) is 18.6. The standard InChI is InChI=1S/C21H27NO2/c1-21(2,3)22-13-14-23-20(15-22)18-9-11-19(12-10-18)24-16-17-7-5-4-6-8-17/h4-12,20H,13-16H2,1-3H3. The van der Waals surface area contributed by atoms with Crippen LogP contribution < -0.4 is 4.74 Å². The molecule has 1 fully saturated rings. The average Bonchev–Trinajstić information content (AvgIpc) is 2.61. The molecule has 0 spiro atoms. The van der Waals surface area contributed by atoms with Gasteiger partial charge in [-0.3, -0.25) is 4.90 Å². The highest BCUT2D eigenvalue weighted by Gasteiger charge is 2.29. The number of benzene rings is 2. The molecule has 24 heavy (non-hydrogen) atoms. The molecule has 3 rings (SSSR count). The molecule has 1 aliphatic heterocycles. The van der Waals surface area contributed by atoms with Gasteiger partial charge in [0.1, 0.15) is 12.4 Å². The minimum Gasteiger partial charge on any atom is -0.489 e. The summed E-state index contributed by atoms with van der Waals surface area (Å²) in [6.45, 7) is 10.1. The van der Waals surface area contributed by atoms with Gasteiger partial charge in [0.25, 0.3) is 0 Å². The zero-order valence-corrected chi connectivity index (χ0v) is 14.9. The Balaban J connectivity index is 1.60. The van der Waals surface area contributed by atoms with Gasteiger partial charge in [-0.05, 0) is 44.0 Å². The van der Waals surface area contributed by atoms with Crippen molar-refractivity contribution in [1.29, 1.82) is 0 Å². The lowest BCUT2D eigenvalue weighted by Gasteiger charge is -2.41. The highest BCUT2D eigenvalue weighted by molar-refractivity contribution is 5.29. The summed E-state index contributed by atoms with van der Waals surface area (Å²) in [5.74, 6) is 0.895. The number of rotatable bonds is 4. The first-order valence-electron chi connectivity index (χ1n) is 8.66.